The molecule has 0 saturated heterocycles. The number of furan rings is 1. The van der Waals surface area contributed by atoms with E-state index in [-0.39, 0.29) is 0 Å². The largest absolute Gasteiger partial charge is 0.459 e. The number of hydrogen-bond acceptors (Lipinski definition) is 2. The lowest BCUT2D eigenvalue weighted by molar-refractivity contribution is 0.547. The predicted octanol–water partition coefficient (Wildman–Crippen LogP) is 3.59. The summed E-state index contributed by atoms with van der Waals surface area (Å²) < 4.78 is 7.85. The molecule has 1 N–H and O–H groups in total. The van der Waals surface area contributed by atoms with Crippen molar-refractivity contribution in [1.82, 2.24) is 4.68 Å². The van der Waals surface area contributed by atoms with Gasteiger partial charge in [0, 0.05) is 16.8 Å². The summed E-state index contributed by atoms with van der Waals surface area (Å²) >= 11 is 0. The van der Waals surface area contributed by atoms with Crippen LogP contribution >= 0.6 is 0 Å². The third kappa shape index (κ3) is 1.88. The molecule has 0 unspecified atom stereocenters. The lowest BCUT2D eigenvalue weighted by Gasteiger charge is -2.10. The van der Waals surface area contributed by atoms with E-state index < -0.39 is 0 Å². The third-order valence-electron chi connectivity index (χ3n) is 3.16. The average Bonchev–Trinajstić information content (AvgIpc) is 2.91. The molecule has 3 heteroatoms. The van der Waals surface area contributed by atoms with Crippen LogP contribution < -0.4 is 5.43 Å². The van der Waals surface area contributed by atoms with Crippen molar-refractivity contribution in [2.45, 2.75) is 20.4 Å². The third-order valence-corrected chi connectivity index (χ3v) is 3.16. The van der Waals surface area contributed by atoms with Gasteiger partial charge in [0.1, 0.15) is 11.3 Å². The molecule has 2 heterocycles. The Morgan fingerprint density at radius 3 is 2.50 bits per heavy atom. The number of aryl methyl sites for hydroxylation is 2. The second-order valence-electron chi connectivity index (χ2n) is 4.54. The van der Waals surface area contributed by atoms with E-state index in [1.807, 2.05) is 18.2 Å². The highest BCUT2D eigenvalue weighted by atomic mass is 16.3. The van der Waals surface area contributed by atoms with Crippen LogP contribution in [0.25, 0.3) is 11.0 Å². The molecule has 2 aromatic heterocycles. The first-order chi connectivity index (χ1) is 8.74. The number of benzene rings is 1. The standard InChI is InChI=1S/C15H16N2O/c1-11-7-8-12(2)17(11)16-10-14-9-13-5-3-4-6-15(13)18-14/h3-9,16H,10H2,1-2H3. The Balaban J connectivity index is 1.81. The molecule has 0 aliphatic carbocycles. The van der Waals surface area contributed by atoms with Crippen molar-refractivity contribution in [1.29, 1.82) is 0 Å². The second-order valence-corrected chi connectivity index (χ2v) is 4.54. The van der Waals surface area contributed by atoms with E-state index in [4.69, 9.17) is 4.42 Å². The first kappa shape index (κ1) is 11.0. The molecule has 0 atom stereocenters. The quantitative estimate of drug-likeness (QED) is 0.758. The summed E-state index contributed by atoms with van der Waals surface area (Å²) in [6.45, 7) is 4.85. The lowest BCUT2D eigenvalue weighted by Crippen LogP contribution is -2.16. The molecule has 0 bridgehead atoms. The van der Waals surface area contributed by atoms with Crippen LogP contribution in [0, 0.1) is 13.8 Å². The van der Waals surface area contributed by atoms with Crippen LogP contribution in [-0.4, -0.2) is 4.68 Å². The van der Waals surface area contributed by atoms with E-state index in [1.165, 1.54) is 11.4 Å². The first-order valence-electron chi connectivity index (χ1n) is 6.10. The summed E-state index contributed by atoms with van der Waals surface area (Å²) in [4.78, 5) is 0. The first-order valence-corrected chi connectivity index (χ1v) is 6.10. The van der Waals surface area contributed by atoms with Gasteiger partial charge in [0.2, 0.25) is 0 Å². The highest BCUT2D eigenvalue weighted by Crippen LogP contribution is 2.18. The molecule has 0 spiro atoms. The predicted molar refractivity (Wildman–Crippen MR) is 73.2 cm³/mol. The summed E-state index contributed by atoms with van der Waals surface area (Å²) in [5, 5.41) is 1.15. The minimum absolute atomic E-state index is 0.686. The Bertz CT molecular complexity index is 626. The van der Waals surface area contributed by atoms with Crippen molar-refractivity contribution in [2.75, 3.05) is 5.43 Å². The molecule has 0 fully saturated rings. The normalized spacial score (nSPS) is 11.0. The summed E-state index contributed by atoms with van der Waals surface area (Å²) in [6, 6.07) is 14.3. The molecule has 0 aliphatic heterocycles. The van der Waals surface area contributed by atoms with Crippen molar-refractivity contribution < 1.29 is 4.42 Å². The number of fused-ring (bicyclic) bond motifs is 1. The van der Waals surface area contributed by atoms with Gasteiger partial charge in [-0.25, -0.2) is 0 Å². The summed E-state index contributed by atoms with van der Waals surface area (Å²) in [6.07, 6.45) is 0. The van der Waals surface area contributed by atoms with Crippen molar-refractivity contribution in [3.05, 3.63) is 59.6 Å². The highest BCUT2D eigenvalue weighted by Gasteiger charge is 2.04. The van der Waals surface area contributed by atoms with Crippen LogP contribution in [-0.2, 0) is 6.54 Å². The van der Waals surface area contributed by atoms with Gasteiger partial charge >= 0.3 is 0 Å². The van der Waals surface area contributed by atoms with E-state index in [9.17, 15) is 0 Å². The second kappa shape index (κ2) is 4.26. The average molecular weight is 240 g/mol. The number of nitrogens with one attached hydrogen (secondary N) is 1. The molecule has 92 valence electrons. The van der Waals surface area contributed by atoms with Crippen LogP contribution in [0.5, 0.6) is 0 Å². The molecule has 0 radical (unpaired) electrons. The molecule has 0 saturated carbocycles. The maximum absolute atomic E-state index is 5.77. The number of aromatic nitrogens is 1. The molecule has 3 nitrogen and oxygen atoms in total. The van der Waals surface area contributed by atoms with E-state index in [0.29, 0.717) is 6.54 Å². The Morgan fingerprint density at radius 2 is 1.78 bits per heavy atom. The minimum atomic E-state index is 0.686. The van der Waals surface area contributed by atoms with Gasteiger partial charge in [-0.1, -0.05) is 18.2 Å². The number of rotatable bonds is 3. The van der Waals surface area contributed by atoms with Gasteiger partial charge in [-0.3, -0.25) is 4.68 Å². The molecule has 0 aliphatic rings. The lowest BCUT2D eigenvalue weighted by atomic mass is 10.2. The van der Waals surface area contributed by atoms with Gasteiger partial charge in [0.05, 0.1) is 6.54 Å². The molecule has 1 aromatic carbocycles. The van der Waals surface area contributed by atoms with E-state index in [1.54, 1.807) is 0 Å². The zero-order chi connectivity index (χ0) is 12.5. The number of para-hydroxylation sites is 1. The van der Waals surface area contributed by atoms with E-state index >= 15 is 0 Å². The maximum atomic E-state index is 5.77. The van der Waals surface area contributed by atoms with Crippen LogP contribution in [0.4, 0.5) is 0 Å². The zero-order valence-electron chi connectivity index (χ0n) is 10.6. The SMILES string of the molecule is Cc1ccc(C)n1NCc1cc2ccccc2o1. The van der Waals surface area contributed by atoms with Crippen molar-refractivity contribution in [3.8, 4) is 0 Å². The van der Waals surface area contributed by atoms with Gasteiger partial charge in [-0.15, -0.1) is 0 Å². The molecule has 0 amide bonds. The fourth-order valence-electron chi connectivity index (χ4n) is 2.20. The van der Waals surface area contributed by atoms with E-state index in [2.05, 4.69) is 48.2 Å². The Hall–Kier alpha value is -2.16. The fourth-order valence-corrected chi connectivity index (χ4v) is 2.20. The van der Waals surface area contributed by atoms with Crippen LogP contribution in [0.1, 0.15) is 17.1 Å². The molecule has 3 aromatic rings. The fraction of sp³-hybridized carbons (Fsp3) is 0.200. The Kier molecular flexibility index (Phi) is 2.59. The molecule has 3 rings (SSSR count). The molecule has 18 heavy (non-hydrogen) atoms. The van der Waals surface area contributed by atoms with Crippen LogP contribution in [0.15, 0.2) is 46.9 Å². The number of nitrogens with zero attached hydrogens (tertiary/aromatic N) is 1. The Morgan fingerprint density at radius 1 is 1.06 bits per heavy atom. The molecular weight excluding hydrogens is 224 g/mol. The minimum Gasteiger partial charge on any atom is -0.459 e. The number of hydrogen-bond donors (Lipinski definition) is 1. The van der Waals surface area contributed by atoms with Crippen LogP contribution in [0.2, 0.25) is 0 Å². The van der Waals surface area contributed by atoms with Gasteiger partial charge in [0.15, 0.2) is 0 Å². The smallest absolute Gasteiger partial charge is 0.134 e. The maximum Gasteiger partial charge on any atom is 0.134 e. The highest BCUT2D eigenvalue weighted by molar-refractivity contribution is 5.77. The van der Waals surface area contributed by atoms with Crippen molar-refractivity contribution >= 4 is 11.0 Å². The van der Waals surface area contributed by atoms with Crippen molar-refractivity contribution in [3.63, 3.8) is 0 Å². The monoisotopic (exact) mass is 240 g/mol. The van der Waals surface area contributed by atoms with Gasteiger partial charge in [0.25, 0.3) is 0 Å². The molecular formula is C15H16N2O. The topological polar surface area (TPSA) is 30.1 Å². The van der Waals surface area contributed by atoms with E-state index in [0.717, 1.165) is 16.7 Å². The van der Waals surface area contributed by atoms with Gasteiger partial charge < -0.3 is 9.84 Å². The zero-order valence-corrected chi connectivity index (χ0v) is 10.6. The Labute approximate surface area is 106 Å². The van der Waals surface area contributed by atoms with Crippen molar-refractivity contribution in [2.24, 2.45) is 0 Å². The van der Waals surface area contributed by atoms with Gasteiger partial charge in [-0.05, 0) is 38.1 Å². The summed E-state index contributed by atoms with van der Waals surface area (Å²) in [5.41, 5.74) is 6.70. The van der Waals surface area contributed by atoms with Crippen LogP contribution in [0.3, 0.4) is 0 Å². The summed E-state index contributed by atoms with van der Waals surface area (Å²) in [7, 11) is 0. The summed E-state index contributed by atoms with van der Waals surface area (Å²) in [5.74, 6) is 0.948. The van der Waals surface area contributed by atoms with Gasteiger partial charge in [-0.2, -0.15) is 0 Å².